The second-order valence-corrected chi connectivity index (χ2v) is 12.9. The monoisotopic (exact) mass is 542 g/mol. The topological polar surface area (TPSA) is 101 Å². The molecule has 1 amide bonds. The third-order valence-corrected chi connectivity index (χ3v) is 9.82. The second-order valence-electron chi connectivity index (χ2n) is 9.11. The van der Waals surface area contributed by atoms with E-state index in [2.05, 4.69) is 12.2 Å². The van der Waals surface area contributed by atoms with Gasteiger partial charge in [0.05, 0.1) is 20.4 Å². The van der Waals surface area contributed by atoms with Crippen LogP contribution in [-0.4, -0.2) is 29.3 Å². The molecule has 3 aromatic carbocycles. The molecule has 7 nitrogen and oxygen atoms in total. The molecular formula is C28H34N2O5S2. The van der Waals surface area contributed by atoms with Gasteiger partial charge >= 0.3 is 0 Å². The third-order valence-electron chi connectivity index (χ3n) is 6.04. The van der Waals surface area contributed by atoms with Gasteiger partial charge in [0.2, 0.25) is 15.7 Å². The summed E-state index contributed by atoms with van der Waals surface area (Å²) >= 11 is 0. The Morgan fingerprint density at radius 3 is 2.00 bits per heavy atom. The smallest absolute Gasteiger partial charge is 0.264 e. The van der Waals surface area contributed by atoms with E-state index in [1.807, 2.05) is 6.92 Å². The summed E-state index contributed by atoms with van der Waals surface area (Å²) in [7, 11) is -7.70. The van der Waals surface area contributed by atoms with Crippen LogP contribution in [0.1, 0.15) is 50.7 Å². The largest absolute Gasteiger partial charge is 0.326 e. The Morgan fingerprint density at radius 1 is 0.811 bits per heavy atom. The number of hydrogen-bond donors (Lipinski definition) is 1. The van der Waals surface area contributed by atoms with E-state index in [0.717, 1.165) is 24.8 Å². The zero-order valence-corrected chi connectivity index (χ0v) is 23.3. The highest BCUT2D eigenvalue weighted by Crippen LogP contribution is 2.31. The third kappa shape index (κ3) is 6.78. The highest BCUT2D eigenvalue weighted by atomic mass is 32.2. The number of carbonyl (C=O) groups excluding carboxylic acids is 1. The molecule has 0 spiro atoms. The van der Waals surface area contributed by atoms with Gasteiger partial charge in [-0.15, -0.1) is 0 Å². The first kappa shape index (κ1) is 28.4. The first-order valence-corrected chi connectivity index (χ1v) is 15.2. The number of sulfonamides is 1. The number of nitrogens with one attached hydrogen (secondary N) is 1. The van der Waals surface area contributed by atoms with Crippen LogP contribution in [0, 0.1) is 13.8 Å². The first-order chi connectivity index (χ1) is 17.5. The lowest BCUT2D eigenvalue weighted by atomic mass is 10.2. The minimum Gasteiger partial charge on any atom is -0.326 e. The molecule has 0 aliphatic carbocycles. The van der Waals surface area contributed by atoms with E-state index < -0.39 is 19.9 Å². The van der Waals surface area contributed by atoms with Crippen molar-refractivity contribution >= 4 is 37.1 Å². The van der Waals surface area contributed by atoms with Crippen LogP contribution in [0.2, 0.25) is 0 Å². The summed E-state index contributed by atoms with van der Waals surface area (Å²) in [6.07, 6.45) is 3.63. The fourth-order valence-electron chi connectivity index (χ4n) is 4.05. The maximum atomic E-state index is 13.6. The summed E-state index contributed by atoms with van der Waals surface area (Å²) in [4.78, 5) is 11.6. The molecule has 3 rings (SSSR count). The fraction of sp³-hybridized carbons (Fsp3) is 0.321. The van der Waals surface area contributed by atoms with Gasteiger partial charge < -0.3 is 5.32 Å². The normalized spacial score (nSPS) is 11.8. The minimum atomic E-state index is -3.85. The summed E-state index contributed by atoms with van der Waals surface area (Å²) < 4.78 is 55.3. The van der Waals surface area contributed by atoms with Crippen LogP contribution in [0.3, 0.4) is 0 Å². The Bertz CT molecular complexity index is 1450. The van der Waals surface area contributed by atoms with Gasteiger partial charge in [0.1, 0.15) is 0 Å². The molecule has 0 unspecified atom stereocenters. The van der Waals surface area contributed by atoms with Gasteiger partial charge in [0.25, 0.3) is 10.0 Å². The standard InChI is InChI=1S/C28H34N2O5S2/c1-5-6-7-8-19-30(37(34,35)27-14-9-21(2)10-15-27)25-13-18-28(22(3)20-25)36(32,33)26-16-11-24(12-17-26)29-23(4)31/h9-18,20H,5-8,19H2,1-4H3,(H,29,31). The van der Waals surface area contributed by atoms with Gasteiger partial charge in [0.15, 0.2) is 0 Å². The Kier molecular flexibility index (Phi) is 9.15. The van der Waals surface area contributed by atoms with Crippen molar-refractivity contribution in [2.24, 2.45) is 0 Å². The Balaban J connectivity index is 1.98. The Hall–Kier alpha value is -3.17. The number of hydrogen-bond acceptors (Lipinski definition) is 5. The summed E-state index contributed by atoms with van der Waals surface area (Å²) in [6.45, 7) is 7.33. The zero-order chi connectivity index (χ0) is 27.2. The lowest BCUT2D eigenvalue weighted by Crippen LogP contribution is -2.32. The van der Waals surface area contributed by atoms with Crippen LogP contribution in [0.4, 0.5) is 11.4 Å². The summed E-state index contributed by atoms with van der Waals surface area (Å²) in [5, 5.41) is 2.61. The molecule has 0 aromatic heterocycles. The molecule has 0 saturated heterocycles. The average molecular weight is 543 g/mol. The van der Waals surface area contributed by atoms with Gasteiger partial charge in [-0.2, -0.15) is 0 Å². The Labute approximate surface area is 220 Å². The molecule has 0 heterocycles. The summed E-state index contributed by atoms with van der Waals surface area (Å²) in [6, 6.07) is 17.3. The van der Waals surface area contributed by atoms with Crippen LogP contribution >= 0.6 is 0 Å². The van der Waals surface area contributed by atoms with Crippen molar-refractivity contribution < 1.29 is 21.6 Å². The van der Waals surface area contributed by atoms with Crippen molar-refractivity contribution in [1.29, 1.82) is 0 Å². The number of carbonyl (C=O) groups is 1. The molecule has 0 aliphatic rings. The maximum Gasteiger partial charge on any atom is 0.264 e. The minimum absolute atomic E-state index is 0.0844. The summed E-state index contributed by atoms with van der Waals surface area (Å²) in [5.41, 5.74) is 2.33. The number of anilines is 2. The highest BCUT2D eigenvalue weighted by molar-refractivity contribution is 7.93. The predicted octanol–water partition coefficient (Wildman–Crippen LogP) is 5.87. The number of aryl methyl sites for hydroxylation is 2. The van der Waals surface area contributed by atoms with E-state index in [1.165, 1.54) is 41.6 Å². The SMILES string of the molecule is CCCCCCN(c1ccc(S(=O)(=O)c2ccc(NC(C)=O)cc2)c(C)c1)S(=O)(=O)c1ccc(C)cc1. The van der Waals surface area contributed by atoms with Crippen LogP contribution in [0.25, 0.3) is 0 Å². The van der Waals surface area contributed by atoms with E-state index in [1.54, 1.807) is 43.3 Å². The number of amides is 1. The highest BCUT2D eigenvalue weighted by Gasteiger charge is 2.27. The molecule has 9 heteroatoms. The molecule has 0 radical (unpaired) electrons. The fourth-order valence-corrected chi connectivity index (χ4v) is 7.02. The van der Waals surface area contributed by atoms with Crippen molar-refractivity contribution in [2.75, 3.05) is 16.2 Å². The summed E-state index contributed by atoms with van der Waals surface area (Å²) in [5.74, 6) is -0.248. The molecule has 3 aromatic rings. The molecular weight excluding hydrogens is 508 g/mol. The average Bonchev–Trinajstić information content (AvgIpc) is 2.84. The molecule has 0 bridgehead atoms. The maximum absolute atomic E-state index is 13.6. The number of rotatable bonds is 11. The van der Waals surface area contributed by atoms with Gasteiger partial charge in [-0.05, 0) is 80.4 Å². The quantitative estimate of drug-likeness (QED) is 0.305. The van der Waals surface area contributed by atoms with Crippen molar-refractivity contribution in [3.05, 3.63) is 77.9 Å². The number of unbranched alkanes of at least 4 members (excludes halogenated alkanes) is 3. The molecule has 0 aliphatic heterocycles. The van der Waals surface area contributed by atoms with Crippen molar-refractivity contribution in [3.8, 4) is 0 Å². The van der Waals surface area contributed by atoms with Crippen LogP contribution in [-0.2, 0) is 24.7 Å². The molecule has 1 N–H and O–H groups in total. The lowest BCUT2D eigenvalue weighted by molar-refractivity contribution is -0.114. The molecule has 0 atom stereocenters. The van der Waals surface area contributed by atoms with Crippen molar-refractivity contribution in [2.45, 2.75) is 68.1 Å². The zero-order valence-electron chi connectivity index (χ0n) is 21.7. The van der Waals surface area contributed by atoms with Gasteiger partial charge in [0, 0.05) is 19.2 Å². The van der Waals surface area contributed by atoms with E-state index in [9.17, 15) is 21.6 Å². The van der Waals surface area contributed by atoms with E-state index >= 15 is 0 Å². The van der Waals surface area contributed by atoms with Crippen LogP contribution in [0.5, 0.6) is 0 Å². The molecule has 37 heavy (non-hydrogen) atoms. The van der Waals surface area contributed by atoms with Crippen molar-refractivity contribution in [1.82, 2.24) is 0 Å². The predicted molar refractivity (Wildman–Crippen MR) is 147 cm³/mol. The number of nitrogens with zero attached hydrogens (tertiary/aromatic N) is 1. The number of sulfone groups is 1. The first-order valence-electron chi connectivity index (χ1n) is 12.3. The van der Waals surface area contributed by atoms with Gasteiger partial charge in [-0.1, -0.05) is 43.9 Å². The molecule has 198 valence electrons. The van der Waals surface area contributed by atoms with Crippen molar-refractivity contribution in [3.63, 3.8) is 0 Å². The van der Waals surface area contributed by atoms with Crippen LogP contribution < -0.4 is 9.62 Å². The van der Waals surface area contributed by atoms with Gasteiger partial charge in [-0.3, -0.25) is 9.10 Å². The second kappa shape index (κ2) is 11.9. The Morgan fingerprint density at radius 2 is 1.43 bits per heavy atom. The van der Waals surface area contributed by atoms with Gasteiger partial charge in [-0.25, -0.2) is 16.8 Å². The molecule has 0 fully saturated rings. The van der Waals surface area contributed by atoms with Crippen LogP contribution in [0.15, 0.2) is 81.4 Å². The van der Waals surface area contributed by atoms with E-state index in [0.29, 0.717) is 29.9 Å². The van der Waals surface area contributed by atoms with E-state index in [4.69, 9.17) is 0 Å². The molecule has 0 saturated carbocycles. The lowest BCUT2D eigenvalue weighted by Gasteiger charge is -2.25. The van der Waals surface area contributed by atoms with E-state index in [-0.39, 0.29) is 20.6 Å². The number of benzene rings is 3.